The number of esters is 2. The summed E-state index contributed by atoms with van der Waals surface area (Å²) < 4.78 is 15.5. The number of carbonyl (C=O) groups excluding carboxylic acids is 3. The second-order valence-electron chi connectivity index (χ2n) is 9.01. The zero-order valence-corrected chi connectivity index (χ0v) is 18.5. The molecule has 0 saturated carbocycles. The summed E-state index contributed by atoms with van der Waals surface area (Å²) in [5.74, 6) is -2.73. The number of ether oxygens (including phenoxy) is 3. The Morgan fingerprint density at radius 2 is 1.71 bits per heavy atom. The number of carbonyl (C=O) groups is 3. The van der Waals surface area contributed by atoms with Crippen LogP contribution in [-0.4, -0.2) is 53.5 Å². The van der Waals surface area contributed by atoms with E-state index in [9.17, 15) is 14.4 Å². The molecular weight excluding hydrogens is 402 g/mol. The van der Waals surface area contributed by atoms with Crippen LogP contribution in [0.25, 0.3) is 0 Å². The Bertz CT molecular complexity index is 864. The average Bonchev–Trinajstić information content (AvgIpc) is 3.09. The SMILES string of the molecule is CC(C)(C)OC(=O)N1CCC(Nc2ccc(NC=C3C(=O)OC(C)(C)OC3=O)cc2)C1. The highest BCUT2D eigenvalue weighted by Gasteiger charge is 2.39. The van der Waals surface area contributed by atoms with Gasteiger partial charge in [0, 0.05) is 50.6 Å². The quantitative estimate of drug-likeness (QED) is 0.425. The lowest BCUT2D eigenvalue weighted by atomic mass is 10.2. The zero-order valence-electron chi connectivity index (χ0n) is 18.5. The zero-order chi connectivity index (χ0) is 22.8. The van der Waals surface area contributed by atoms with Gasteiger partial charge in [-0.15, -0.1) is 0 Å². The minimum Gasteiger partial charge on any atom is -0.444 e. The number of anilines is 2. The molecule has 9 heteroatoms. The van der Waals surface area contributed by atoms with Gasteiger partial charge in [-0.2, -0.15) is 0 Å². The number of amides is 1. The summed E-state index contributed by atoms with van der Waals surface area (Å²) in [6.45, 7) is 9.76. The fourth-order valence-electron chi connectivity index (χ4n) is 3.20. The molecular formula is C22H29N3O6. The van der Waals surface area contributed by atoms with Gasteiger partial charge in [0.15, 0.2) is 5.57 Å². The summed E-state index contributed by atoms with van der Waals surface area (Å²) in [4.78, 5) is 37.8. The first-order valence-corrected chi connectivity index (χ1v) is 10.2. The van der Waals surface area contributed by atoms with Crippen LogP contribution in [0, 0.1) is 0 Å². The van der Waals surface area contributed by atoms with E-state index in [0.29, 0.717) is 18.8 Å². The number of likely N-dealkylation sites (tertiary alicyclic amines) is 1. The van der Waals surface area contributed by atoms with Gasteiger partial charge in [-0.25, -0.2) is 14.4 Å². The van der Waals surface area contributed by atoms with Gasteiger partial charge in [0.05, 0.1) is 0 Å². The van der Waals surface area contributed by atoms with E-state index in [1.165, 1.54) is 20.0 Å². The lowest BCUT2D eigenvalue weighted by Gasteiger charge is -2.29. The van der Waals surface area contributed by atoms with Crippen LogP contribution in [0.5, 0.6) is 0 Å². The van der Waals surface area contributed by atoms with Crippen LogP contribution in [0.4, 0.5) is 16.2 Å². The molecule has 0 aliphatic carbocycles. The molecule has 2 aliphatic rings. The van der Waals surface area contributed by atoms with Crippen molar-refractivity contribution in [1.82, 2.24) is 4.90 Å². The van der Waals surface area contributed by atoms with Gasteiger partial charge in [0.1, 0.15) is 5.60 Å². The monoisotopic (exact) mass is 431 g/mol. The molecule has 1 aromatic carbocycles. The number of cyclic esters (lactones) is 2. The van der Waals surface area contributed by atoms with Crippen LogP contribution < -0.4 is 10.6 Å². The van der Waals surface area contributed by atoms with E-state index in [0.717, 1.165) is 12.1 Å². The maximum atomic E-state index is 12.2. The summed E-state index contributed by atoms with van der Waals surface area (Å²) in [5, 5.41) is 6.31. The van der Waals surface area contributed by atoms with Crippen molar-refractivity contribution in [1.29, 1.82) is 0 Å². The predicted octanol–water partition coefficient (Wildman–Crippen LogP) is 3.24. The van der Waals surface area contributed by atoms with Gasteiger partial charge < -0.3 is 29.7 Å². The fraction of sp³-hybridized carbons (Fsp3) is 0.500. The molecule has 2 heterocycles. The van der Waals surface area contributed by atoms with Crippen molar-refractivity contribution in [2.24, 2.45) is 0 Å². The van der Waals surface area contributed by atoms with E-state index in [1.54, 1.807) is 4.90 Å². The number of hydrogen-bond donors (Lipinski definition) is 2. The minimum atomic E-state index is -1.27. The second-order valence-corrected chi connectivity index (χ2v) is 9.01. The van der Waals surface area contributed by atoms with Crippen molar-refractivity contribution in [2.75, 3.05) is 23.7 Å². The van der Waals surface area contributed by atoms with E-state index < -0.39 is 23.3 Å². The Balaban J connectivity index is 1.53. The van der Waals surface area contributed by atoms with Gasteiger partial charge in [-0.3, -0.25) is 0 Å². The molecule has 0 radical (unpaired) electrons. The van der Waals surface area contributed by atoms with Crippen LogP contribution in [0.15, 0.2) is 36.0 Å². The van der Waals surface area contributed by atoms with Gasteiger partial charge in [0.25, 0.3) is 5.79 Å². The first kappa shape index (κ1) is 22.5. The maximum absolute atomic E-state index is 12.2. The van der Waals surface area contributed by atoms with Crippen molar-refractivity contribution in [2.45, 2.75) is 58.5 Å². The van der Waals surface area contributed by atoms with Gasteiger partial charge >= 0.3 is 18.0 Å². The van der Waals surface area contributed by atoms with Crippen LogP contribution in [0.3, 0.4) is 0 Å². The van der Waals surface area contributed by atoms with Crippen LogP contribution in [0.1, 0.15) is 41.0 Å². The summed E-state index contributed by atoms with van der Waals surface area (Å²) in [7, 11) is 0. The van der Waals surface area contributed by atoms with Crippen molar-refractivity contribution in [3.63, 3.8) is 0 Å². The normalized spacial score (nSPS) is 20.6. The smallest absolute Gasteiger partial charge is 0.410 e. The topological polar surface area (TPSA) is 106 Å². The Morgan fingerprint density at radius 1 is 1.13 bits per heavy atom. The van der Waals surface area contributed by atoms with Crippen molar-refractivity contribution in [3.05, 3.63) is 36.0 Å². The molecule has 0 bridgehead atoms. The standard InChI is InChI=1S/C22H29N3O6/c1-21(2,3)31-20(28)25-11-10-16(13-25)24-15-8-6-14(7-9-15)23-12-17-18(26)29-22(4,5)30-19(17)27/h6-9,12,16,23-24H,10-11,13H2,1-5H3. The maximum Gasteiger partial charge on any atom is 0.410 e. The van der Waals surface area contributed by atoms with E-state index in [4.69, 9.17) is 14.2 Å². The molecule has 0 spiro atoms. The molecule has 1 amide bonds. The summed E-state index contributed by atoms with van der Waals surface area (Å²) in [6.07, 6.45) is 1.80. The van der Waals surface area contributed by atoms with E-state index in [2.05, 4.69) is 10.6 Å². The highest BCUT2D eigenvalue weighted by atomic mass is 16.7. The highest BCUT2D eigenvalue weighted by molar-refractivity contribution is 6.15. The number of hydrogen-bond acceptors (Lipinski definition) is 8. The summed E-state index contributed by atoms with van der Waals surface area (Å²) in [6, 6.07) is 7.49. The Hall–Kier alpha value is -3.23. The Morgan fingerprint density at radius 3 is 2.29 bits per heavy atom. The van der Waals surface area contributed by atoms with Crippen LogP contribution >= 0.6 is 0 Å². The predicted molar refractivity (Wildman–Crippen MR) is 114 cm³/mol. The molecule has 31 heavy (non-hydrogen) atoms. The van der Waals surface area contributed by atoms with Crippen LogP contribution in [0.2, 0.25) is 0 Å². The molecule has 1 atom stereocenters. The first-order valence-electron chi connectivity index (χ1n) is 10.2. The molecule has 1 unspecified atom stereocenters. The second kappa shape index (κ2) is 8.49. The summed E-state index contributed by atoms with van der Waals surface area (Å²) >= 11 is 0. The third kappa shape index (κ3) is 6.13. The molecule has 1 aromatic rings. The highest BCUT2D eigenvalue weighted by Crippen LogP contribution is 2.24. The largest absolute Gasteiger partial charge is 0.444 e. The average molecular weight is 431 g/mol. The number of rotatable bonds is 4. The Kier molecular flexibility index (Phi) is 6.15. The van der Waals surface area contributed by atoms with E-state index in [-0.39, 0.29) is 17.7 Å². The van der Waals surface area contributed by atoms with Gasteiger partial charge in [-0.05, 0) is 51.5 Å². The Labute approximate surface area is 181 Å². The van der Waals surface area contributed by atoms with Crippen molar-refractivity contribution in [3.8, 4) is 0 Å². The number of nitrogens with zero attached hydrogens (tertiary/aromatic N) is 1. The van der Waals surface area contributed by atoms with Crippen LogP contribution in [-0.2, 0) is 23.8 Å². The molecule has 2 fully saturated rings. The molecule has 2 N–H and O–H groups in total. The lowest BCUT2D eigenvalue weighted by molar-refractivity contribution is -0.222. The molecule has 2 saturated heterocycles. The molecule has 3 rings (SSSR count). The summed E-state index contributed by atoms with van der Waals surface area (Å²) in [5.41, 5.74) is 0.870. The number of benzene rings is 1. The molecule has 9 nitrogen and oxygen atoms in total. The fourth-order valence-corrected chi connectivity index (χ4v) is 3.20. The van der Waals surface area contributed by atoms with Gasteiger partial charge in [-0.1, -0.05) is 0 Å². The van der Waals surface area contributed by atoms with E-state index in [1.807, 2.05) is 45.0 Å². The molecule has 2 aliphatic heterocycles. The minimum absolute atomic E-state index is 0.128. The van der Waals surface area contributed by atoms with Crippen molar-refractivity contribution >= 4 is 29.4 Å². The van der Waals surface area contributed by atoms with E-state index >= 15 is 0 Å². The number of nitrogens with one attached hydrogen (secondary N) is 2. The first-order chi connectivity index (χ1) is 14.4. The molecule has 0 aromatic heterocycles. The third-order valence-corrected chi connectivity index (χ3v) is 4.60. The lowest BCUT2D eigenvalue weighted by Crippen LogP contribution is -2.42. The van der Waals surface area contributed by atoms with Gasteiger partial charge in [0.2, 0.25) is 0 Å². The molecule has 168 valence electrons. The third-order valence-electron chi connectivity index (χ3n) is 4.60. The van der Waals surface area contributed by atoms with Crippen molar-refractivity contribution < 1.29 is 28.6 Å².